The Bertz CT molecular complexity index is 1500. The molecule has 0 radical (unpaired) electrons. The Morgan fingerprint density at radius 1 is 0.943 bits per heavy atom. The average Bonchev–Trinajstić information content (AvgIpc) is 3.22. The van der Waals surface area contributed by atoms with Crippen LogP contribution in [0, 0.1) is 0 Å². The van der Waals surface area contributed by atoms with E-state index in [4.69, 9.17) is 4.42 Å². The van der Waals surface area contributed by atoms with Crippen molar-refractivity contribution in [3.63, 3.8) is 0 Å². The molecule has 0 saturated carbocycles. The summed E-state index contributed by atoms with van der Waals surface area (Å²) < 4.78 is 34.8. The second-order valence-electron chi connectivity index (χ2n) is 9.98. The van der Waals surface area contributed by atoms with Crippen LogP contribution >= 0.6 is 0 Å². The van der Waals surface area contributed by atoms with Gasteiger partial charge < -0.3 is 4.42 Å². The van der Waals surface area contributed by atoms with Crippen molar-refractivity contribution in [2.75, 3.05) is 4.31 Å². The van der Waals surface area contributed by atoms with E-state index in [0.29, 0.717) is 5.58 Å². The first-order chi connectivity index (χ1) is 16.7. The van der Waals surface area contributed by atoms with E-state index in [1.807, 2.05) is 0 Å². The molecule has 1 aliphatic rings. The number of nitrogens with zero attached hydrogens (tertiary/aromatic N) is 2. The molecule has 0 fully saturated rings. The van der Waals surface area contributed by atoms with Crippen LogP contribution in [0.3, 0.4) is 0 Å². The van der Waals surface area contributed by atoms with Crippen LogP contribution < -0.4 is 4.31 Å². The zero-order valence-corrected chi connectivity index (χ0v) is 20.9. The largest absolute Gasteiger partial charge is 0.461 e. The van der Waals surface area contributed by atoms with Gasteiger partial charge in [-0.05, 0) is 72.7 Å². The van der Waals surface area contributed by atoms with E-state index >= 15 is 0 Å². The first-order valence-corrected chi connectivity index (χ1v) is 13.2. The number of carbonyl (C=O) groups excluding carboxylic acids is 1. The summed E-state index contributed by atoms with van der Waals surface area (Å²) in [6.07, 6.45) is 6.84. The van der Waals surface area contributed by atoms with Crippen LogP contribution in [0.15, 0.2) is 76.3 Å². The quantitative estimate of drug-likeness (QED) is 0.350. The molecule has 0 saturated heterocycles. The molecule has 0 bridgehead atoms. The third kappa shape index (κ3) is 4.25. The van der Waals surface area contributed by atoms with Gasteiger partial charge in [0, 0.05) is 35.3 Å². The molecule has 1 aliphatic carbocycles. The number of aromatic nitrogens is 1. The van der Waals surface area contributed by atoms with Gasteiger partial charge in [0.05, 0.1) is 10.6 Å². The third-order valence-corrected chi connectivity index (χ3v) is 8.27. The van der Waals surface area contributed by atoms with Gasteiger partial charge in [-0.3, -0.25) is 9.78 Å². The summed E-state index contributed by atoms with van der Waals surface area (Å²) in [6, 6.07) is 14.9. The molecule has 4 aromatic rings. The highest BCUT2D eigenvalue weighted by Crippen LogP contribution is 2.36. The minimum atomic E-state index is -4.20. The van der Waals surface area contributed by atoms with E-state index in [2.05, 4.69) is 25.8 Å². The Morgan fingerprint density at radius 3 is 2.31 bits per heavy atom. The number of pyridine rings is 1. The molecule has 0 spiro atoms. The van der Waals surface area contributed by atoms with E-state index in [1.54, 1.807) is 42.5 Å². The molecule has 35 heavy (non-hydrogen) atoms. The summed E-state index contributed by atoms with van der Waals surface area (Å²) in [5.41, 5.74) is 3.23. The van der Waals surface area contributed by atoms with Crippen molar-refractivity contribution in [2.24, 2.45) is 0 Å². The van der Waals surface area contributed by atoms with E-state index in [0.717, 1.165) is 52.3 Å². The Labute approximate surface area is 205 Å². The molecule has 6 nitrogen and oxygen atoms in total. The molecular weight excluding hydrogens is 460 g/mol. The van der Waals surface area contributed by atoms with Gasteiger partial charge in [0.2, 0.25) is 0 Å². The van der Waals surface area contributed by atoms with Gasteiger partial charge in [-0.1, -0.05) is 32.9 Å². The van der Waals surface area contributed by atoms with Crippen LogP contribution in [-0.2, 0) is 28.3 Å². The molecule has 0 N–H and O–H groups in total. The standard InChI is InChI=1S/C28H28N2O4S/c1-28(2,3)20-8-11-22(12-9-20)35(32,33)30(27(31)19-14-16-29-17-15-19)21-10-13-26-24(18-21)23-6-4-5-7-25(23)34-26/h8-18H,4-7H2,1-3H3. The predicted molar refractivity (Wildman–Crippen MR) is 136 cm³/mol. The fraction of sp³-hybridized carbons (Fsp3) is 0.286. The van der Waals surface area contributed by atoms with Crippen molar-refractivity contribution < 1.29 is 17.6 Å². The van der Waals surface area contributed by atoms with Crippen LogP contribution in [0.2, 0.25) is 0 Å². The van der Waals surface area contributed by atoms with Crippen LogP contribution in [0.25, 0.3) is 11.0 Å². The SMILES string of the molecule is CC(C)(C)c1ccc(S(=O)(=O)N(C(=O)c2ccncc2)c2ccc3oc4c(c3c2)CCCC4)cc1. The number of aryl methyl sites for hydroxylation is 2. The Hall–Kier alpha value is -3.45. The summed E-state index contributed by atoms with van der Waals surface area (Å²) in [7, 11) is -4.20. The van der Waals surface area contributed by atoms with Gasteiger partial charge in [-0.2, -0.15) is 4.31 Å². The number of amides is 1. The monoisotopic (exact) mass is 488 g/mol. The Morgan fingerprint density at radius 2 is 1.63 bits per heavy atom. The normalized spacial score (nSPS) is 14.0. The molecule has 1 amide bonds. The number of anilines is 1. The van der Waals surface area contributed by atoms with E-state index in [-0.39, 0.29) is 21.6 Å². The molecule has 0 unspecified atom stereocenters. The van der Waals surface area contributed by atoms with Gasteiger partial charge in [0.1, 0.15) is 11.3 Å². The minimum absolute atomic E-state index is 0.0576. The highest BCUT2D eigenvalue weighted by Gasteiger charge is 2.33. The molecule has 2 aromatic heterocycles. The number of fused-ring (bicyclic) bond motifs is 3. The third-order valence-electron chi connectivity index (χ3n) is 6.54. The smallest absolute Gasteiger partial charge is 0.272 e. The van der Waals surface area contributed by atoms with Crippen LogP contribution in [-0.4, -0.2) is 19.3 Å². The lowest BCUT2D eigenvalue weighted by Gasteiger charge is -2.24. The fourth-order valence-corrected chi connectivity index (χ4v) is 5.99. The van der Waals surface area contributed by atoms with Crippen molar-refractivity contribution in [2.45, 2.75) is 56.8 Å². The number of carbonyl (C=O) groups is 1. The van der Waals surface area contributed by atoms with Gasteiger partial charge in [0.15, 0.2) is 0 Å². The number of furan rings is 1. The molecule has 0 aliphatic heterocycles. The zero-order valence-electron chi connectivity index (χ0n) is 20.1. The Kier molecular flexibility index (Phi) is 5.75. The zero-order chi connectivity index (χ0) is 24.8. The average molecular weight is 489 g/mol. The van der Waals surface area contributed by atoms with E-state index in [1.165, 1.54) is 24.5 Å². The molecule has 7 heteroatoms. The topological polar surface area (TPSA) is 80.5 Å². The van der Waals surface area contributed by atoms with E-state index in [9.17, 15) is 13.2 Å². The maximum absolute atomic E-state index is 13.9. The summed E-state index contributed by atoms with van der Waals surface area (Å²) in [5, 5.41) is 0.864. The van der Waals surface area contributed by atoms with Crippen molar-refractivity contribution in [3.05, 3.63) is 89.4 Å². The summed E-state index contributed by atoms with van der Waals surface area (Å²) in [4.78, 5) is 17.7. The van der Waals surface area contributed by atoms with Gasteiger partial charge in [-0.25, -0.2) is 8.42 Å². The highest BCUT2D eigenvalue weighted by atomic mass is 32.2. The number of sulfonamides is 1. The minimum Gasteiger partial charge on any atom is -0.461 e. The highest BCUT2D eigenvalue weighted by molar-refractivity contribution is 7.93. The molecule has 180 valence electrons. The molecule has 2 heterocycles. The summed E-state index contributed by atoms with van der Waals surface area (Å²) in [6.45, 7) is 6.20. The van der Waals surface area contributed by atoms with Crippen LogP contribution in [0.4, 0.5) is 5.69 Å². The van der Waals surface area contributed by atoms with Crippen LogP contribution in [0.5, 0.6) is 0 Å². The maximum atomic E-state index is 13.9. The number of hydrogen-bond donors (Lipinski definition) is 0. The second-order valence-corrected chi connectivity index (χ2v) is 11.8. The molecule has 5 rings (SSSR count). The summed E-state index contributed by atoms with van der Waals surface area (Å²) in [5.74, 6) is 0.319. The van der Waals surface area contributed by atoms with Gasteiger partial charge in [-0.15, -0.1) is 0 Å². The van der Waals surface area contributed by atoms with Crippen molar-refractivity contribution in [3.8, 4) is 0 Å². The first kappa shape index (κ1) is 23.3. The molecular formula is C28H28N2O4S. The lowest BCUT2D eigenvalue weighted by molar-refractivity contribution is 0.100. The van der Waals surface area contributed by atoms with Crippen molar-refractivity contribution >= 4 is 32.6 Å². The van der Waals surface area contributed by atoms with Gasteiger partial charge >= 0.3 is 0 Å². The Balaban J connectivity index is 1.66. The van der Waals surface area contributed by atoms with Crippen molar-refractivity contribution in [1.29, 1.82) is 0 Å². The number of rotatable bonds is 4. The van der Waals surface area contributed by atoms with E-state index < -0.39 is 15.9 Å². The lowest BCUT2D eigenvalue weighted by atomic mass is 9.87. The van der Waals surface area contributed by atoms with Gasteiger partial charge in [0.25, 0.3) is 15.9 Å². The predicted octanol–water partition coefficient (Wildman–Crippen LogP) is 6.04. The van der Waals surface area contributed by atoms with Crippen LogP contribution in [0.1, 0.15) is 60.9 Å². The molecule has 0 atom stereocenters. The number of benzene rings is 2. The maximum Gasteiger partial charge on any atom is 0.272 e. The van der Waals surface area contributed by atoms with Crippen molar-refractivity contribution in [1.82, 2.24) is 4.98 Å². The number of hydrogen-bond acceptors (Lipinski definition) is 5. The molecule has 2 aromatic carbocycles. The summed E-state index contributed by atoms with van der Waals surface area (Å²) >= 11 is 0. The first-order valence-electron chi connectivity index (χ1n) is 11.8. The second kappa shape index (κ2) is 8.64. The lowest BCUT2D eigenvalue weighted by Crippen LogP contribution is -2.37. The fourth-order valence-electron chi connectivity index (χ4n) is 4.59.